The molecule has 61 heavy (non-hydrogen) atoms. The number of ether oxygens (including phenoxy) is 1. The minimum atomic E-state index is -2.35. The van der Waals surface area contributed by atoms with Crippen LogP contribution in [0.3, 0.4) is 0 Å². The molecule has 0 saturated carbocycles. The third kappa shape index (κ3) is 8.01. The van der Waals surface area contributed by atoms with Crippen LogP contribution in [0, 0.1) is 25.7 Å². The van der Waals surface area contributed by atoms with Crippen LogP contribution < -0.4 is 14.5 Å². The zero-order valence-electron chi connectivity index (χ0n) is 39.3. The standard InChI is InChI=1S/C55H53N4O.Pt/c1-36-34-56-52(33-47(36)37-18-12-11-13-19-37)59-48-21-15-14-20-45(48)46-25-24-43(32-51(46)59)60-44-30-40(55(8,9)10)29-42(31-44)58-35-57(49-22-16-17-23-50(49)58)41-27-38(53(2,3)4)26-39(28-41)54(5,6)7;/h11-30,33-35H,1-10H3;/q-3;/i1D3;. The number of benzene rings is 6. The van der Waals surface area contributed by atoms with Crippen molar-refractivity contribution in [2.24, 2.45) is 0 Å². The van der Waals surface area contributed by atoms with E-state index in [4.69, 9.17) is 13.8 Å². The molecule has 5 nitrogen and oxygen atoms in total. The minimum absolute atomic E-state index is 0. The molecule has 0 spiro atoms. The van der Waals surface area contributed by atoms with E-state index in [9.17, 15) is 0 Å². The summed E-state index contributed by atoms with van der Waals surface area (Å²) in [5, 5.41) is 2.00. The average molecular weight is 984 g/mol. The fraction of sp³-hybridized carbons (Fsp3) is 0.236. The van der Waals surface area contributed by atoms with Gasteiger partial charge in [0.25, 0.3) is 0 Å². The quantitative estimate of drug-likeness (QED) is 0.156. The van der Waals surface area contributed by atoms with Gasteiger partial charge in [-0.2, -0.15) is 6.07 Å². The van der Waals surface area contributed by atoms with E-state index < -0.39 is 6.85 Å². The first-order valence-corrected chi connectivity index (χ1v) is 20.7. The number of hydrogen-bond acceptors (Lipinski definition) is 4. The van der Waals surface area contributed by atoms with Crippen LogP contribution in [-0.2, 0) is 37.3 Å². The van der Waals surface area contributed by atoms with Gasteiger partial charge in [0.1, 0.15) is 5.82 Å². The number of para-hydroxylation sites is 3. The normalized spacial score (nSPS) is 14.1. The Morgan fingerprint density at radius 1 is 0.607 bits per heavy atom. The van der Waals surface area contributed by atoms with Crippen molar-refractivity contribution in [3.8, 4) is 28.4 Å². The van der Waals surface area contributed by atoms with Crippen LogP contribution in [0.1, 0.15) is 88.7 Å². The first-order chi connectivity index (χ1) is 29.7. The Morgan fingerprint density at radius 2 is 1.23 bits per heavy atom. The summed E-state index contributed by atoms with van der Waals surface area (Å²) in [6, 6.07) is 50.7. The Morgan fingerprint density at radius 3 is 1.90 bits per heavy atom. The maximum atomic E-state index is 8.32. The van der Waals surface area contributed by atoms with Crippen LogP contribution in [0.15, 0.2) is 134 Å². The molecule has 0 N–H and O–H groups in total. The molecule has 0 aliphatic carbocycles. The van der Waals surface area contributed by atoms with Gasteiger partial charge in [-0.25, -0.2) is 4.98 Å². The van der Waals surface area contributed by atoms with E-state index in [0.29, 0.717) is 22.9 Å². The molecule has 312 valence electrons. The second kappa shape index (κ2) is 15.7. The molecule has 0 atom stereocenters. The predicted octanol–water partition coefficient (Wildman–Crippen LogP) is 14.8. The fourth-order valence-electron chi connectivity index (χ4n) is 7.99. The molecule has 1 aliphatic heterocycles. The van der Waals surface area contributed by atoms with Gasteiger partial charge in [0.15, 0.2) is 0 Å². The zero-order chi connectivity index (χ0) is 44.6. The summed E-state index contributed by atoms with van der Waals surface area (Å²) in [6.45, 7) is 20.1. The van der Waals surface area contributed by atoms with Crippen LogP contribution in [0.5, 0.6) is 11.5 Å². The van der Waals surface area contributed by atoms with Crippen molar-refractivity contribution < 1.29 is 29.9 Å². The number of aryl methyl sites for hydroxylation is 1. The van der Waals surface area contributed by atoms with Crippen LogP contribution in [-0.4, -0.2) is 9.55 Å². The van der Waals surface area contributed by atoms with Crippen molar-refractivity contribution in [2.75, 3.05) is 9.80 Å². The summed E-state index contributed by atoms with van der Waals surface area (Å²) in [6.07, 6.45) is 1.49. The molecule has 0 fully saturated rings. The van der Waals surface area contributed by atoms with Gasteiger partial charge in [-0.15, -0.1) is 53.6 Å². The number of aromatic nitrogens is 2. The van der Waals surface area contributed by atoms with Crippen LogP contribution in [0.4, 0.5) is 22.7 Å². The topological polar surface area (TPSA) is 33.5 Å². The number of nitrogens with zero attached hydrogens (tertiary/aromatic N) is 4. The molecule has 0 amide bonds. The zero-order valence-corrected chi connectivity index (χ0v) is 38.6. The van der Waals surface area contributed by atoms with Crippen LogP contribution in [0.2, 0.25) is 0 Å². The van der Waals surface area contributed by atoms with Crippen LogP contribution >= 0.6 is 0 Å². The third-order valence-electron chi connectivity index (χ3n) is 11.5. The van der Waals surface area contributed by atoms with E-state index >= 15 is 0 Å². The van der Waals surface area contributed by atoms with E-state index in [1.807, 2.05) is 59.2 Å². The van der Waals surface area contributed by atoms with Crippen molar-refractivity contribution in [3.05, 3.63) is 175 Å². The average Bonchev–Trinajstić information content (AvgIpc) is 3.78. The molecule has 9 rings (SSSR count). The Labute approximate surface area is 380 Å². The SMILES string of the molecule is [2H]C([2H])([2H])c1cnc(-n2c3[c-]c(Oc4[c-]c(N5[CH-]N(c6cc(C(C)(C)C)cc(C(C)(C)C)c6)c6ccccc65)cc(C(C)(C)C)c4)ccc3c3ccccc32)cc1-c1ccccc1.[Pt]. The first-order valence-electron chi connectivity index (χ1n) is 22.2. The van der Waals surface area contributed by atoms with Gasteiger partial charge in [-0.05, 0) is 92.7 Å². The smallest absolute Gasteiger partial charge is 0.136 e. The molecule has 8 aromatic rings. The number of anilines is 4. The fourth-order valence-corrected chi connectivity index (χ4v) is 7.99. The summed E-state index contributed by atoms with van der Waals surface area (Å²) in [4.78, 5) is 9.29. The molecule has 0 bridgehead atoms. The second-order valence-corrected chi connectivity index (χ2v) is 19.0. The van der Waals surface area contributed by atoms with Gasteiger partial charge >= 0.3 is 0 Å². The molecule has 2 aromatic heterocycles. The maximum absolute atomic E-state index is 8.32. The maximum Gasteiger partial charge on any atom is 0.136 e. The van der Waals surface area contributed by atoms with Gasteiger partial charge in [0.2, 0.25) is 0 Å². The predicted molar refractivity (Wildman–Crippen MR) is 250 cm³/mol. The van der Waals surface area contributed by atoms with E-state index in [-0.39, 0.29) is 42.9 Å². The van der Waals surface area contributed by atoms with E-state index in [1.54, 1.807) is 0 Å². The summed E-state index contributed by atoms with van der Waals surface area (Å²) in [5.74, 6) is 1.67. The molecule has 0 radical (unpaired) electrons. The molecular weight excluding hydrogens is 928 g/mol. The summed E-state index contributed by atoms with van der Waals surface area (Å²) < 4.78 is 33.8. The number of hydrogen-bond donors (Lipinski definition) is 0. The van der Waals surface area contributed by atoms with E-state index in [2.05, 4.69) is 164 Å². The number of pyridine rings is 1. The monoisotopic (exact) mass is 983 g/mol. The number of fused-ring (bicyclic) bond motifs is 4. The van der Waals surface area contributed by atoms with Gasteiger partial charge in [0, 0.05) is 65.5 Å². The second-order valence-electron chi connectivity index (χ2n) is 19.0. The molecule has 1 aliphatic rings. The third-order valence-corrected chi connectivity index (χ3v) is 11.5. The van der Waals surface area contributed by atoms with Gasteiger partial charge in [0.05, 0.1) is 0 Å². The van der Waals surface area contributed by atoms with Gasteiger partial charge in [-0.3, -0.25) is 0 Å². The Bertz CT molecular complexity index is 2990. The largest absolute Gasteiger partial charge is 0.509 e. The van der Waals surface area contributed by atoms with E-state index in [0.717, 1.165) is 55.7 Å². The molecular formula is C55H53N4OPt-3. The Balaban J connectivity index is 0.00000560. The van der Waals surface area contributed by atoms with Gasteiger partial charge < -0.3 is 19.1 Å². The summed E-state index contributed by atoms with van der Waals surface area (Å²) >= 11 is 0. The van der Waals surface area contributed by atoms with Crippen molar-refractivity contribution >= 4 is 44.6 Å². The molecule has 6 heteroatoms. The molecule has 0 unspecified atom stereocenters. The van der Waals surface area contributed by atoms with Crippen molar-refractivity contribution in [2.45, 2.75) is 85.4 Å². The Hall–Kier alpha value is -5.64. The molecule has 0 saturated heterocycles. The molecule has 3 heterocycles. The van der Waals surface area contributed by atoms with Crippen molar-refractivity contribution in [3.63, 3.8) is 0 Å². The Kier molecular flexibility index (Phi) is 9.84. The van der Waals surface area contributed by atoms with Crippen molar-refractivity contribution in [1.29, 1.82) is 0 Å². The van der Waals surface area contributed by atoms with Crippen molar-refractivity contribution in [1.82, 2.24) is 9.55 Å². The minimum Gasteiger partial charge on any atom is -0.509 e. The molecule has 6 aromatic carbocycles. The first kappa shape index (κ1) is 38.3. The van der Waals surface area contributed by atoms with Gasteiger partial charge in [-0.1, -0.05) is 135 Å². The summed E-state index contributed by atoms with van der Waals surface area (Å²) in [7, 11) is 0. The van der Waals surface area contributed by atoms with E-state index in [1.165, 1.54) is 17.3 Å². The number of rotatable bonds is 6. The summed E-state index contributed by atoms with van der Waals surface area (Å²) in [5.41, 5.74) is 10.8. The van der Waals surface area contributed by atoms with Crippen LogP contribution in [0.25, 0.3) is 38.8 Å².